The minimum absolute atomic E-state index is 0.121. The molecule has 1 aliphatic rings. The van der Waals surface area contributed by atoms with E-state index >= 15 is 0 Å². The fraction of sp³-hybridized carbons (Fsp3) is 0.692. The number of carbonyl (C=O) groups excluding carboxylic acids is 1. The zero-order chi connectivity index (χ0) is 14.5. The minimum Gasteiger partial charge on any atom is -0.481 e. The van der Waals surface area contributed by atoms with Crippen LogP contribution >= 0.6 is 0 Å². The first-order chi connectivity index (χ1) is 8.84. The third kappa shape index (κ3) is 6.11. The Morgan fingerprint density at radius 1 is 1.53 bits per heavy atom. The summed E-state index contributed by atoms with van der Waals surface area (Å²) in [6, 6.07) is -0.365. The Morgan fingerprint density at radius 3 is 2.63 bits per heavy atom. The predicted molar refractivity (Wildman–Crippen MR) is 69.4 cm³/mol. The third-order valence-corrected chi connectivity index (χ3v) is 2.90. The molecule has 6 heteroatoms. The summed E-state index contributed by atoms with van der Waals surface area (Å²) in [6.07, 6.45) is 6.99. The summed E-state index contributed by atoms with van der Waals surface area (Å²) in [6.45, 7) is 2.07. The Kier molecular flexibility index (Phi) is 5.19. The number of carboxylic acids is 1. The van der Waals surface area contributed by atoms with Crippen LogP contribution in [-0.2, 0) is 4.79 Å². The highest BCUT2D eigenvalue weighted by atomic mass is 16.4. The number of hydrogen-bond donors (Lipinski definition) is 3. The Morgan fingerprint density at radius 2 is 2.16 bits per heavy atom. The molecule has 0 aromatic carbocycles. The van der Waals surface area contributed by atoms with Gasteiger partial charge in [0.25, 0.3) is 0 Å². The maximum Gasteiger partial charge on any atom is 0.318 e. The van der Waals surface area contributed by atoms with Crippen LogP contribution in [0.5, 0.6) is 0 Å². The van der Waals surface area contributed by atoms with Crippen molar-refractivity contribution in [2.24, 2.45) is 5.92 Å². The van der Waals surface area contributed by atoms with Crippen LogP contribution in [0.3, 0.4) is 0 Å². The Bertz CT molecular complexity index is 383. The summed E-state index contributed by atoms with van der Waals surface area (Å²) in [5, 5.41) is 20.9. The van der Waals surface area contributed by atoms with E-state index in [2.05, 4.69) is 11.2 Å². The van der Waals surface area contributed by atoms with E-state index in [0.717, 1.165) is 12.8 Å². The van der Waals surface area contributed by atoms with Crippen molar-refractivity contribution in [3.8, 4) is 12.3 Å². The number of amides is 2. The van der Waals surface area contributed by atoms with E-state index in [1.165, 1.54) is 11.8 Å². The predicted octanol–water partition coefficient (Wildman–Crippen LogP) is 0.267. The second-order valence-corrected chi connectivity index (χ2v) is 5.25. The van der Waals surface area contributed by atoms with Crippen molar-refractivity contribution in [1.82, 2.24) is 10.2 Å². The van der Waals surface area contributed by atoms with Crippen molar-refractivity contribution in [2.75, 3.05) is 19.6 Å². The molecule has 0 aromatic rings. The number of terminal acetylenes is 1. The zero-order valence-corrected chi connectivity index (χ0v) is 11.1. The van der Waals surface area contributed by atoms with Gasteiger partial charge in [-0.15, -0.1) is 6.42 Å². The highest BCUT2D eigenvalue weighted by molar-refractivity contribution is 5.75. The van der Waals surface area contributed by atoms with Crippen molar-refractivity contribution in [3.63, 3.8) is 0 Å². The Balaban J connectivity index is 2.42. The Hall–Kier alpha value is -1.74. The lowest BCUT2D eigenvalue weighted by molar-refractivity contribution is -0.141. The maximum atomic E-state index is 11.9. The Labute approximate surface area is 112 Å². The fourth-order valence-corrected chi connectivity index (χ4v) is 1.71. The van der Waals surface area contributed by atoms with Crippen molar-refractivity contribution in [3.05, 3.63) is 0 Å². The van der Waals surface area contributed by atoms with Gasteiger partial charge in [-0.1, -0.05) is 5.92 Å². The molecule has 1 fully saturated rings. The number of rotatable bonds is 7. The molecule has 6 nitrogen and oxygen atoms in total. The van der Waals surface area contributed by atoms with E-state index in [-0.39, 0.29) is 19.1 Å². The molecule has 106 valence electrons. The summed E-state index contributed by atoms with van der Waals surface area (Å²) < 4.78 is 0. The summed E-state index contributed by atoms with van der Waals surface area (Å²) in [5.74, 6) is 1.82. The van der Waals surface area contributed by atoms with Crippen LogP contribution in [0.4, 0.5) is 4.79 Å². The lowest BCUT2D eigenvalue weighted by Gasteiger charge is -2.25. The van der Waals surface area contributed by atoms with Gasteiger partial charge in [0.2, 0.25) is 0 Å². The fourth-order valence-electron chi connectivity index (χ4n) is 1.71. The maximum absolute atomic E-state index is 11.9. The topological polar surface area (TPSA) is 89.9 Å². The molecule has 0 aliphatic heterocycles. The van der Waals surface area contributed by atoms with Gasteiger partial charge >= 0.3 is 12.0 Å². The average molecular weight is 268 g/mol. The summed E-state index contributed by atoms with van der Waals surface area (Å²) in [7, 11) is 0. The number of aliphatic hydroxyl groups is 1. The number of hydrogen-bond acceptors (Lipinski definition) is 3. The normalized spacial score (nSPS) is 17.1. The number of nitrogens with one attached hydrogen (secondary N) is 1. The molecule has 0 heterocycles. The monoisotopic (exact) mass is 268 g/mol. The number of carbonyl (C=O) groups is 2. The molecule has 0 saturated heterocycles. The minimum atomic E-state index is -1.47. The standard InChI is InChI=1S/C13H20N2O4/c1-3-6-15(8-10-4-5-10)12(18)14-9-13(2,19)7-11(16)17/h1,10,19H,4-9H2,2H3,(H,14,18)(H,16,17). The number of nitrogens with zero attached hydrogens (tertiary/aromatic N) is 1. The van der Waals surface area contributed by atoms with Gasteiger partial charge in [0.15, 0.2) is 0 Å². The van der Waals surface area contributed by atoms with Gasteiger partial charge in [-0.25, -0.2) is 4.79 Å². The van der Waals surface area contributed by atoms with Crippen molar-refractivity contribution in [1.29, 1.82) is 0 Å². The molecule has 1 unspecified atom stereocenters. The van der Waals surface area contributed by atoms with Gasteiger partial charge in [0.1, 0.15) is 0 Å². The summed E-state index contributed by atoms with van der Waals surface area (Å²) >= 11 is 0. The van der Waals surface area contributed by atoms with Crippen LogP contribution in [0, 0.1) is 18.3 Å². The van der Waals surface area contributed by atoms with Gasteiger partial charge in [0, 0.05) is 13.1 Å². The highest BCUT2D eigenvalue weighted by Crippen LogP contribution is 2.29. The van der Waals surface area contributed by atoms with Crippen molar-refractivity contribution >= 4 is 12.0 Å². The molecule has 19 heavy (non-hydrogen) atoms. The SMILES string of the molecule is C#CCN(CC1CC1)C(=O)NCC(C)(O)CC(=O)O. The molecule has 1 aliphatic carbocycles. The lowest BCUT2D eigenvalue weighted by Crippen LogP contribution is -2.48. The van der Waals surface area contributed by atoms with Crippen LogP contribution in [0.15, 0.2) is 0 Å². The van der Waals surface area contributed by atoms with E-state index < -0.39 is 18.0 Å². The molecule has 0 aromatic heterocycles. The third-order valence-electron chi connectivity index (χ3n) is 2.90. The van der Waals surface area contributed by atoms with Crippen molar-refractivity contribution in [2.45, 2.75) is 31.8 Å². The van der Waals surface area contributed by atoms with Gasteiger partial charge in [-0.3, -0.25) is 4.79 Å². The number of aliphatic carboxylic acids is 1. The number of urea groups is 1. The van der Waals surface area contributed by atoms with Crippen LogP contribution in [-0.4, -0.2) is 52.3 Å². The first-order valence-corrected chi connectivity index (χ1v) is 6.24. The van der Waals surface area contributed by atoms with E-state index in [4.69, 9.17) is 11.5 Å². The molecule has 1 rings (SSSR count). The van der Waals surface area contributed by atoms with Gasteiger partial charge in [0.05, 0.1) is 18.6 Å². The molecule has 3 N–H and O–H groups in total. The van der Waals surface area contributed by atoms with Crippen LogP contribution in [0.2, 0.25) is 0 Å². The second kappa shape index (κ2) is 6.43. The van der Waals surface area contributed by atoms with Crippen molar-refractivity contribution < 1.29 is 19.8 Å². The average Bonchev–Trinajstić information content (AvgIpc) is 3.07. The lowest BCUT2D eigenvalue weighted by atomic mass is 10.0. The molecule has 0 bridgehead atoms. The highest BCUT2D eigenvalue weighted by Gasteiger charge is 2.28. The molecule has 2 amide bonds. The molecule has 0 spiro atoms. The smallest absolute Gasteiger partial charge is 0.318 e. The molecule has 1 atom stereocenters. The van der Waals surface area contributed by atoms with Gasteiger partial charge in [-0.05, 0) is 25.7 Å². The first-order valence-electron chi connectivity index (χ1n) is 6.24. The molecule has 1 saturated carbocycles. The van der Waals surface area contributed by atoms with E-state index in [1.807, 2.05) is 0 Å². The van der Waals surface area contributed by atoms with Crippen LogP contribution in [0.1, 0.15) is 26.2 Å². The zero-order valence-electron chi connectivity index (χ0n) is 11.1. The molecule has 0 radical (unpaired) electrons. The van der Waals surface area contributed by atoms with Gasteiger partial charge in [-0.2, -0.15) is 0 Å². The summed E-state index contributed by atoms with van der Waals surface area (Å²) in [5.41, 5.74) is -1.47. The summed E-state index contributed by atoms with van der Waals surface area (Å²) in [4.78, 5) is 23.9. The van der Waals surface area contributed by atoms with E-state index in [9.17, 15) is 14.7 Å². The molecular formula is C13H20N2O4. The molecular weight excluding hydrogens is 248 g/mol. The number of carboxylic acid groups (broad SMARTS) is 1. The second-order valence-electron chi connectivity index (χ2n) is 5.25. The quantitative estimate of drug-likeness (QED) is 0.578. The van der Waals surface area contributed by atoms with Gasteiger partial charge < -0.3 is 20.4 Å². The van der Waals surface area contributed by atoms with Crippen LogP contribution in [0.25, 0.3) is 0 Å². The van der Waals surface area contributed by atoms with Crippen LogP contribution < -0.4 is 5.32 Å². The largest absolute Gasteiger partial charge is 0.481 e. The van der Waals surface area contributed by atoms with E-state index in [0.29, 0.717) is 12.5 Å². The van der Waals surface area contributed by atoms with E-state index in [1.54, 1.807) is 0 Å². The first kappa shape index (κ1) is 15.3.